The van der Waals surface area contributed by atoms with E-state index in [0.717, 1.165) is 12.8 Å². The summed E-state index contributed by atoms with van der Waals surface area (Å²) in [7, 11) is 0. The molecule has 0 aromatic heterocycles. The third-order valence-corrected chi connectivity index (χ3v) is 1.64. The summed E-state index contributed by atoms with van der Waals surface area (Å²) in [5.74, 6) is 0. The molecule has 1 fully saturated rings. The average molecular weight is 143 g/mol. The van der Waals surface area contributed by atoms with Gasteiger partial charge in [0, 0.05) is 0 Å². The molecule has 3 nitrogen and oxygen atoms in total. The van der Waals surface area contributed by atoms with Gasteiger partial charge in [0.15, 0.2) is 0 Å². The maximum atomic E-state index is 10.5. The van der Waals surface area contributed by atoms with Crippen molar-refractivity contribution in [3.05, 3.63) is 0 Å². The van der Waals surface area contributed by atoms with E-state index in [1.165, 1.54) is 6.42 Å². The second-order valence-electron chi connectivity index (χ2n) is 2.58. The second kappa shape index (κ2) is 3.44. The van der Waals surface area contributed by atoms with Gasteiger partial charge in [-0.05, 0) is 6.42 Å². The molecule has 1 atom stereocenters. The minimum Gasteiger partial charge on any atom is -0.447 e. The summed E-state index contributed by atoms with van der Waals surface area (Å²) in [5, 5.41) is 2.73. The van der Waals surface area contributed by atoms with Crippen molar-refractivity contribution in [2.75, 3.05) is 6.61 Å². The Morgan fingerprint density at radius 1 is 1.80 bits per heavy atom. The monoisotopic (exact) mass is 143 g/mol. The van der Waals surface area contributed by atoms with Gasteiger partial charge in [-0.3, -0.25) is 0 Å². The van der Waals surface area contributed by atoms with E-state index in [1.807, 2.05) is 0 Å². The van der Waals surface area contributed by atoms with Gasteiger partial charge in [-0.25, -0.2) is 4.79 Å². The number of hydrogen-bond acceptors (Lipinski definition) is 2. The highest BCUT2D eigenvalue weighted by molar-refractivity contribution is 5.69. The molecule has 0 bridgehead atoms. The third kappa shape index (κ3) is 1.90. The Morgan fingerprint density at radius 2 is 2.60 bits per heavy atom. The van der Waals surface area contributed by atoms with E-state index >= 15 is 0 Å². The summed E-state index contributed by atoms with van der Waals surface area (Å²) < 4.78 is 4.71. The summed E-state index contributed by atoms with van der Waals surface area (Å²) in [4.78, 5) is 10.5. The standard InChI is InChI=1S/C7H13NO2/c1-2-3-4-6-5-10-7(9)8-6/h6H,2-5H2,1H3,(H,8,9)/t6-/m1/s1. The molecule has 0 saturated carbocycles. The van der Waals surface area contributed by atoms with Gasteiger partial charge >= 0.3 is 6.09 Å². The number of unbranched alkanes of at least 4 members (excludes halogenated alkanes) is 1. The van der Waals surface area contributed by atoms with Crippen LogP contribution in [0, 0.1) is 0 Å². The SMILES string of the molecule is CCCC[C@@H]1COC(=O)N1. The summed E-state index contributed by atoms with van der Waals surface area (Å²) in [5.41, 5.74) is 0. The highest BCUT2D eigenvalue weighted by Gasteiger charge is 2.20. The van der Waals surface area contributed by atoms with Crippen molar-refractivity contribution in [1.29, 1.82) is 0 Å². The van der Waals surface area contributed by atoms with Crippen molar-refractivity contribution >= 4 is 6.09 Å². The van der Waals surface area contributed by atoms with Crippen LogP contribution < -0.4 is 5.32 Å². The average Bonchev–Trinajstić information content (AvgIpc) is 2.31. The number of nitrogens with one attached hydrogen (secondary N) is 1. The summed E-state index contributed by atoms with van der Waals surface area (Å²) in [6.07, 6.45) is 3.12. The molecule has 0 aliphatic carbocycles. The first kappa shape index (κ1) is 7.38. The maximum absolute atomic E-state index is 10.5. The van der Waals surface area contributed by atoms with E-state index in [4.69, 9.17) is 4.74 Å². The predicted molar refractivity (Wildman–Crippen MR) is 37.8 cm³/mol. The zero-order valence-corrected chi connectivity index (χ0v) is 6.22. The van der Waals surface area contributed by atoms with Crippen molar-refractivity contribution in [3.8, 4) is 0 Å². The van der Waals surface area contributed by atoms with Crippen molar-refractivity contribution < 1.29 is 9.53 Å². The van der Waals surface area contributed by atoms with Crippen molar-refractivity contribution in [3.63, 3.8) is 0 Å². The number of carbonyl (C=O) groups is 1. The largest absolute Gasteiger partial charge is 0.447 e. The van der Waals surface area contributed by atoms with Crippen molar-refractivity contribution in [2.24, 2.45) is 0 Å². The molecule has 1 N–H and O–H groups in total. The van der Waals surface area contributed by atoms with E-state index in [2.05, 4.69) is 12.2 Å². The molecule has 3 heteroatoms. The quantitative estimate of drug-likeness (QED) is 0.646. The van der Waals surface area contributed by atoms with Crippen LogP contribution in [0.5, 0.6) is 0 Å². The number of carbonyl (C=O) groups excluding carboxylic acids is 1. The van der Waals surface area contributed by atoms with Gasteiger partial charge in [0.05, 0.1) is 6.04 Å². The Bertz CT molecular complexity index is 125. The number of rotatable bonds is 3. The first-order valence-electron chi connectivity index (χ1n) is 3.76. The van der Waals surface area contributed by atoms with Crippen LogP contribution in [0.4, 0.5) is 4.79 Å². The van der Waals surface area contributed by atoms with Crippen LogP contribution in [-0.4, -0.2) is 18.7 Å². The van der Waals surface area contributed by atoms with Crippen LogP contribution in [0.2, 0.25) is 0 Å². The van der Waals surface area contributed by atoms with Crippen molar-refractivity contribution in [2.45, 2.75) is 32.2 Å². The minimum absolute atomic E-state index is 0.263. The topological polar surface area (TPSA) is 38.3 Å². The zero-order valence-electron chi connectivity index (χ0n) is 6.22. The van der Waals surface area contributed by atoms with Gasteiger partial charge < -0.3 is 10.1 Å². The van der Waals surface area contributed by atoms with Crippen molar-refractivity contribution in [1.82, 2.24) is 5.32 Å². The number of alkyl carbamates (subject to hydrolysis) is 1. The normalized spacial score (nSPS) is 24.1. The first-order chi connectivity index (χ1) is 4.83. The Balaban J connectivity index is 2.12. The Hall–Kier alpha value is -0.730. The minimum atomic E-state index is -0.263. The Labute approximate surface area is 60.7 Å². The van der Waals surface area contributed by atoms with Gasteiger partial charge in [-0.15, -0.1) is 0 Å². The lowest BCUT2D eigenvalue weighted by Gasteiger charge is -2.03. The molecule has 0 aromatic carbocycles. The fourth-order valence-electron chi connectivity index (χ4n) is 1.03. The molecule has 1 saturated heterocycles. The fourth-order valence-corrected chi connectivity index (χ4v) is 1.03. The van der Waals surface area contributed by atoms with E-state index in [0.29, 0.717) is 6.61 Å². The summed E-state index contributed by atoms with van der Waals surface area (Å²) in [6.45, 7) is 2.69. The lowest BCUT2D eigenvalue weighted by molar-refractivity contribution is 0.176. The summed E-state index contributed by atoms with van der Waals surface area (Å²) in [6, 6.07) is 0.271. The highest BCUT2D eigenvalue weighted by Crippen LogP contribution is 2.05. The molecule has 1 aliphatic heterocycles. The number of ether oxygens (including phenoxy) is 1. The number of amides is 1. The molecule has 0 radical (unpaired) electrons. The molecule has 0 aromatic rings. The Morgan fingerprint density at radius 3 is 3.10 bits per heavy atom. The van der Waals surface area contributed by atoms with Gasteiger partial charge in [0.2, 0.25) is 0 Å². The molecule has 1 rings (SSSR count). The molecule has 0 spiro atoms. The van der Waals surface area contributed by atoms with E-state index in [1.54, 1.807) is 0 Å². The molecule has 10 heavy (non-hydrogen) atoms. The smallest absolute Gasteiger partial charge is 0.407 e. The predicted octanol–water partition coefficient (Wildman–Crippen LogP) is 1.28. The highest BCUT2D eigenvalue weighted by atomic mass is 16.6. The number of cyclic esters (lactones) is 1. The molecular weight excluding hydrogens is 130 g/mol. The van der Waals surface area contributed by atoms with Crippen LogP contribution in [0.1, 0.15) is 26.2 Å². The summed E-state index contributed by atoms with van der Waals surface area (Å²) >= 11 is 0. The molecule has 0 unspecified atom stereocenters. The lowest BCUT2D eigenvalue weighted by Crippen LogP contribution is -2.25. The molecule has 1 aliphatic rings. The fraction of sp³-hybridized carbons (Fsp3) is 0.857. The molecule has 1 amide bonds. The van der Waals surface area contributed by atoms with Crippen LogP contribution in [0.15, 0.2) is 0 Å². The van der Waals surface area contributed by atoms with Crippen LogP contribution >= 0.6 is 0 Å². The maximum Gasteiger partial charge on any atom is 0.407 e. The van der Waals surface area contributed by atoms with Gasteiger partial charge in [0.1, 0.15) is 6.61 Å². The third-order valence-electron chi connectivity index (χ3n) is 1.64. The van der Waals surface area contributed by atoms with E-state index in [-0.39, 0.29) is 12.1 Å². The number of hydrogen-bond donors (Lipinski definition) is 1. The second-order valence-corrected chi connectivity index (χ2v) is 2.58. The van der Waals surface area contributed by atoms with Gasteiger partial charge in [0.25, 0.3) is 0 Å². The van der Waals surface area contributed by atoms with Crippen LogP contribution in [0.3, 0.4) is 0 Å². The Kier molecular flexibility index (Phi) is 2.54. The van der Waals surface area contributed by atoms with Crippen LogP contribution in [0.25, 0.3) is 0 Å². The molecule has 58 valence electrons. The van der Waals surface area contributed by atoms with Crippen LogP contribution in [-0.2, 0) is 4.74 Å². The van der Waals surface area contributed by atoms with E-state index in [9.17, 15) is 4.79 Å². The first-order valence-corrected chi connectivity index (χ1v) is 3.76. The zero-order chi connectivity index (χ0) is 7.40. The van der Waals surface area contributed by atoms with E-state index < -0.39 is 0 Å². The molecular formula is C7H13NO2. The lowest BCUT2D eigenvalue weighted by atomic mass is 10.1. The van der Waals surface area contributed by atoms with Gasteiger partial charge in [-0.2, -0.15) is 0 Å². The molecule has 1 heterocycles. The van der Waals surface area contributed by atoms with Gasteiger partial charge in [-0.1, -0.05) is 19.8 Å².